The molecule has 0 N–H and O–H groups in total. The van der Waals surface area contributed by atoms with Crippen LogP contribution in [0.25, 0.3) is 6.08 Å². The minimum Gasteiger partial charge on any atom is -0.386 e. The molecule has 2 aromatic carbocycles. The van der Waals surface area contributed by atoms with E-state index >= 15 is 0 Å². The first-order chi connectivity index (χ1) is 9.66. The Kier molecular flexibility index (Phi) is 4.45. The van der Waals surface area contributed by atoms with Crippen molar-refractivity contribution in [3.63, 3.8) is 0 Å². The van der Waals surface area contributed by atoms with Crippen molar-refractivity contribution in [2.75, 3.05) is 0 Å². The predicted molar refractivity (Wildman–Crippen MR) is 77.0 cm³/mol. The van der Waals surface area contributed by atoms with Crippen molar-refractivity contribution < 1.29 is 14.3 Å². The van der Waals surface area contributed by atoms with Crippen LogP contribution in [0.1, 0.15) is 22.8 Å². The number of ether oxygens (including phenoxy) is 1. The molecule has 0 bridgehead atoms. The zero-order valence-electron chi connectivity index (χ0n) is 11.1. The van der Waals surface area contributed by atoms with E-state index in [-0.39, 0.29) is 0 Å². The highest BCUT2D eigenvalue weighted by Crippen LogP contribution is 2.09. The van der Waals surface area contributed by atoms with E-state index in [2.05, 4.69) is 0 Å². The van der Waals surface area contributed by atoms with E-state index in [4.69, 9.17) is 4.74 Å². The van der Waals surface area contributed by atoms with Crippen LogP contribution in [0.15, 0.2) is 66.2 Å². The van der Waals surface area contributed by atoms with Crippen LogP contribution < -0.4 is 0 Å². The molecule has 0 saturated heterocycles. The Morgan fingerprint density at radius 2 is 1.45 bits per heavy atom. The monoisotopic (exact) mass is 266 g/mol. The summed E-state index contributed by atoms with van der Waals surface area (Å²) < 4.78 is 4.82. The average Bonchev–Trinajstić information content (AvgIpc) is 2.49. The second-order valence-corrected chi connectivity index (χ2v) is 4.28. The first kappa shape index (κ1) is 13.7. The van der Waals surface area contributed by atoms with Gasteiger partial charge in [-0.3, -0.25) is 0 Å². The van der Waals surface area contributed by atoms with Gasteiger partial charge in [-0.25, -0.2) is 9.59 Å². The fourth-order valence-corrected chi connectivity index (χ4v) is 1.66. The van der Waals surface area contributed by atoms with E-state index in [1.807, 2.05) is 30.3 Å². The molecular weight excluding hydrogens is 252 g/mol. The molecule has 3 heteroatoms. The summed E-state index contributed by atoms with van der Waals surface area (Å²) in [4.78, 5) is 23.6. The summed E-state index contributed by atoms with van der Waals surface area (Å²) in [5.41, 5.74) is 1.61. The van der Waals surface area contributed by atoms with E-state index < -0.39 is 11.9 Å². The van der Waals surface area contributed by atoms with Crippen molar-refractivity contribution in [2.45, 2.75) is 6.92 Å². The highest BCUT2D eigenvalue weighted by Gasteiger charge is 2.13. The third-order valence-electron chi connectivity index (χ3n) is 2.70. The Bertz CT molecular complexity index is 628. The summed E-state index contributed by atoms with van der Waals surface area (Å²) >= 11 is 0. The fourth-order valence-electron chi connectivity index (χ4n) is 1.66. The molecule has 2 aromatic rings. The Hall–Kier alpha value is -2.68. The molecule has 3 nitrogen and oxygen atoms in total. The summed E-state index contributed by atoms with van der Waals surface area (Å²) in [7, 11) is 0. The number of hydrogen-bond acceptors (Lipinski definition) is 3. The van der Waals surface area contributed by atoms with Gasteiger partial charge in [0.15, 0.2) is 0 Å². The lowest BCUT2D eigenvalue weighted by molar-refractivity contribution is -0.133. The summed E-state index contributed by atoms with van der Waals surface area (Å²) in [5.74, 6) is -1.28. The largest absolute Gasteiger partial charge is 0.386 e. The molecule has 0 aliphatic rings. The van der Waals surface area contributed by atoms with Gasteiger partial charge in [0.2, 0.25) is 0 Å². The van der Waals surface area contributed by atoms with Gasteiger partial charge in [-0.05, 0) is 30.7 Å². The molecule has 0 aliphatic heterocycles. The van der Waals surface area contributed by atoms with Gasteiger partial charge in [-0.15, -0.1) is 0 Å². The van der Waals surface area contributed by atoms with Crippen molar-refractivity contribution in [1.29, 1.82) is 0 Å². The van der Waals surface area contributed by atoms with E-state index in [9.17, 15) is 9.59 Å². The molecule has 0 amide bonds. The maximum absolute atomic E-state index is 11.8. The SMILES string of the molecule is CC(=Cc1ccccc1)C(=O)OC(=O)c1ccccc1. The molecule has 0 aromatic heterocycles. The second kappa shape index (κ2) is 6.48. The number of rotatable bonds is 3. The second-order valence-electron chi connectivity index (χ2n) is 4.28. The van der Waals surface area contributed by atoms with Crippen molar-refractivity contribution in [3.8, 4) is 0 Å². The van der Waals surface area contributed by atoms with Crippen LogP contribution in [0.2, 0.25) is 0 Å². The molecule has 20 heavy (non-hydrogen) atoms. The minimum atomic E-state index is -0.642. The molecule has 0 atom stereocenters. The number of benzene rings is 2. The van der Waals surface area contributed by atoms with Crippen molar-refractivity contribution in [3.05, 3.63) is 77.4 Å². The van der Waals surface area contributed by atoms with Gasteiger partial charge in [0.05, 0.1) is 5.56 Å². The van der Waals surface area contributed by atoms with E-state index in [0.29, 0.717) is 11.1 Å². The zero-order valence-corrected chi connectivity index (χ0v) is 11.1. The topological polar surface area (TPSA) is 43.4 Å². The summed E-state index contributed by atoms with van der Waals surface area (Å²) in [6.45, 7) is 1.62. The molecule has 0 saturated carbocycles. The van der Waals surface area contributed by atoms with E-state index in [0.717, 1.165) is 5.56 Å². The van der Waals surface area contributed by atoms with E-state index in [1.54, 1.807) is 43.3 Å². The minimum absolute atomic E-state index is 0.355. The van der Waals surface area contributed by atoms with Crippen molar-refractivity contribution in [1.82, 2.24) is 0 Å². The standard InChI is InChI=1S/C17H14O3/c1-13(12-14-8-4-2-5-9-14)16(18)20-17(19)15-10-6-3-7-11-15/h2-12H,1H3. The van der Waals surface area contributed by atoms with Gasteiger partial charge in [0, 0.05) is 5.57 Å². The van der Waals surface area contributed by atoms with Crippen LogP contribution in [-0.2, 0) is 9.53 Å². The Labute approximate surface area is 117 Å². The maximum atomic E-state index is 11.8. The first-order valence-corrected chi connectivity index (χ1v) is 6.22. The number of esters is 2. The zero-order chi connectivity index (χ0) is 14.4. The Balaban J connectivity index is 2.05. The van der Waals surface area contributed by atoms with Crippen LogP contribution in [0.3, 0.4) is 0 Å². The molecule has 0 aliphatic carbocycles. The number of carbonyl (C=O) groups excluding carboxylic acids is 2. The lowest BCUT2D eigenvalue weighted by atomic mass is 10.1. The van der Waals surface area contributed by atoms with Crippen molar-refractivity contribution >= 4 is 18.0 Å². The maximum Gasteiger partial charge on any atom is 0.346 e. The molecule has 0 spiro atoms. The van der Waals surface area contributed by atoms with Gasteiger partial charge in [0.1, 0.15) is 0 Å². The van der Waals surface area contributed by atoms with Gasteiger partial charge < -0.3 is 4.74 Å². The number of hydrogen-bond donors (Lipinski definition) is 0. The van der Waals surface area contributed by atoms with Gasteiger partial charge >= 0.3 is 11.9 Å². The van der Waals surface area contributed by atoms with Crippen LogP contribution >= 0.6 is 0 Å². The van der Waals surface area contributed by atoms with Crippen molar-refractivity contribution in [2.24, 2.45) is 0 Å². The third-order valence-corrected chi connectivity index (χ3v) is 2.70. The first-order valence-electron chi connectivity index (χ1n) is 6.22. The number of carbonyl (C=O) groups is 2. The molecule has 0 heterocycles. The Morgan fingerprint density at radius 3 is 2.05 bits per heavy atom. The molecule has 2 rings (SSSR count). The molecule has 100 valence electrons. The molecular formula is C17H14O3. The van der Waals surface area contributed by atoms with Crippen LogP contribution in [0, 0.1) is 0 Å². The fraction of sp³-hybridized carbons (Fsp3) is 0.0588. The molecule has 0 unspecified atom stereocenters. The lowest BCUT2D eigenvalue weighted by Crippen LogP contribution is -2.13. The smallest absolute Gasteiger partial charge is 0.346 e. The predicted octanol–water partition coefficient (Wildman–Crippen LogP) is 3.47. The quantitative estimate of drug-likeness (QED) is 0.485. The van der Waals surface area contributed by atoms with Crippen LogP contribution in [0.4, 0.5) is 0 Å². The summed E-state index contributed by atoms with van der Waals surface area (Å²) in [5, 5.41) is 0. The molecule has 0 fully saturated rings. The lowest BCUT2D eigenvalue weighted by Gasteiger charge is -2.03. The molecule has 0 radical (unpaired) electrons. The Morgan fingerprint density at radius 1 is 0.900 bits per heavy atom. The third kappa shape index (κ3) is 3.65. The van der Waals surface area contributed by atoms with E-state index in [1.165, 1.54) is 0 Å². The van der Waals surface area contributed by atoms with Gasteiger partial charge in [0.25, 0.3) is 0 Å². The summed E-state index contributed by atoms with van der Waals surface area (Å²) in [6, 6.07) is 17.8. The highest BCUT2D eigenvalue weighted by atomic mass is 16.6. The summed E-state index contributed by atoms with van der Waals surface area (Å²) in [6.07, 6.45) is 1.68. The van der Waals surface area contributed by atoms with Gasteiger partial charge in [-0.1, -0.05) is 48.5 Å². The van der Waals surface area contributed by atoms with Crippen LogP contribution in [-0.4, -0.2) is 11.9 Å². The van der Waals surface area contributed by atoms with Gasteiger partial charge in [-0.2, -0.15) is 0 Å². The highest BCUT2D eigenvalue weighted by molar-refractivity contribution is 6.03. The average molecular weight is 266 g/mol. The normalized spacial score (nSPS) is 10.9. The van der Waals surface area contributed by atoms with Crippen LogP contribution in [0.5, 0.6) is 0 Å².